The molecule has 0 fully saturated rings. The van der Waals surface area contributed by atoms with E-state index in [0.29, 0.717) is 6.42 Å². The molecule has 0 saturated heterocycles. The van der Waals surface area contributed by atoms with Gasteiger partial charge in [-0.2, -0.15) is 0 Å². The SMILES string of the molecule is C=CCC(C)(C)C(=O)Nc1ccc(SCCC)cc1. The van der Waals surface area contributed by atoms with Gasteiger partial charge >= 0.3 is 0 Å². The molecule has 2 nitrogen and oxygen atoms in total. The van der Waals surface area contributed by atoms with Crippen LogP contribution in [0.15, 0.2) is 41.8 Å². The predicted octanol–water partition coefficient (Wildman–Crippen LogP) is 4.73. The fraction of sp³-hybridized carbons (Fsp3) is 0.438. The maximum atomic E-state index is 12.1. The van der Waals surface area contributed by atoms with Crippen molar-refractivity contribution < 1.29 is 4.79 Å². The van der Waals surface area contributed by atoms with Gasteiger partial charge < -0.3 is 5.32 Å². The highest BCUT2D eigenvalue weighted by Crippen LogP contribution is 2.25. The van der Waals surface area contributed by atoms with Crippen molar-refractivity contribution in [1.29, 1.82) is 0 Å². The molecule has 1 rings (SSSR count). The van der Waals surface area contributed by atoms with Gasteiger partial charge in [0.25, 0.3) is 0 Å². The minimum Gasteiger partial charge on any atom is -0.326 e. The minimum absolute atomic E-state index is 0.0290. The molecule has 0 atom stereocenters. The number of rotatable bonds is 7. The molecule has 0 bridgehead atoms. The highest BCUT2D eigenvalue weighted by molar-refractivity contribution is 7.99. The van der Waals surface area contributed by atoms with Crippen LogP contribution in [0, 0.1) is 5.41 Å². The van der Waals surface area contributed by atoms with Crippen molar-refractivity contribution in [2.45, 2.75) is 38.5 Å². The monoisotopic (exact) mass is 277 g/mol. The Hall–Kier alpha value is -1.22. The average Bonchev–Trinajstić information content (AvgIpc) is 2.38. The molecule has 0 aromatic heterocycles. The molecule has 0 spiro atoms. The van der Waals surface area contributed by atoms with Gasteiger partial charge in [-0.1, -0.05) is 26.8 Å². The van der Waals surface area contributed by atoms with Crippen LogP contribution in [0.4, 0.5) is 5.69 Å². The number of hydrogen-bond donors (Lipinski definition) is 1. The molecule has 1 amide bonds. The van der Waals surface area contributed by atoms with Gasteiger partial charge in [0.2, 0.25) is 5.91 Å². The molecular formula is C16H23NOS. The van der Waals surface area contributed by atoms with Crippen molar-refractivity contribution in [2.24, 2.45) is 5.41 Å². The highest BCUT2D eigenvalue weighted by Gasteiger charge is 2.25. The van der Waals surface area contributed by atoms with E-state index in [2.05, 4.69) is 31.0 Å². The molecule has 0 aliphatic rings. The Kier molecular flexibility index (Phi) is 6.16. The van der Waals surface area contributed by atoms with E-state index in [1.54, 1.807) is 6.08 Å². The zero-order valence-corrected chi connectivity index (χ0v) is 12.8. The highest BCUT2D eigenvalue weighted by atomic mass is 32.2. The summed E-state index contributed by atoms with van der Waals surface area (Å²) >= 11 is 1.84. The molecule has 1 aromatic rings. The van der Waals surface area contributed by atoms with Crippen LogP contribution in [-0.2, 0) is 4.79 Å². The van der Waals surface area contributed by atoms with Crippen molar-refractivity contribution in [3.63, 3.8) is 0 Å². The molecule has 0 radical (unpaired) electrons. The quantitative estimate of drug-likeness (QED) is 0.576. The van der Waals surface area contributed by atoms with E-state index in [-0.39, 0.29) is 5.91 Å². The van der Waals surface area contributed by atoms with Gasteiger partial charge in [-0.05, 0) is 42.9 Å². The van der Waals surface area contributed by atoms with Crippen LogP contribution in [0.5, 0.6) is 0 Å². The lowest BCUT2D eigenvalue weighted by Crippen LogP contribution is -2.30. The Morgan fingerprint density at radius 3 is 2.53 bits per heavy atom. The maximum Gasteiger partial charge on any atom is 0.230 e. The number of benzene rings is 1. The predicted molar refractivity (Wildman–Crippen MR) is 84.7 cm³/mol. The van der Waals surface area contributed by atoms with E-state index >= 15 is 0 Å². The second kappa shape index (κ2) is 7.39. The fourth-order valence-corrected chi connectivity index (χ4v) is 2.38. The van der Waals surface area contributed by atoms with Crippen LogP contribution in [0.3, 0.4) is 0 Å². The van der Waals surface area contributed by atoms with Crippen LogP contribution >= 0.6 is 11.8 Å². The standard InChI is InChI=1S/C16H23NOS/c1-5-11-16(3,4)15(18)17-13-7-9-14(10-8-13)19-12-6-2/h5,7-10H,1,6,11-12H2,2-4H3,(H,17,18). The first-order valence-corrected chi connectivity index (χ1v) is 7.63. The Morgan fingerprint density at radius 1 is 1.37 bits per heavy atom. The molecule has 0 aliphatic heterocycles. The molecule has 0 unspecified atom stereocenters. The number of anilines is 1. The number of nitrogens with one attached hydrogen (secondary N) is 1. The smallest absolute Gasteiger partial charge is 0.230 e. The minimum atomic E-state index is -0.419. The maximum absolute atomic E-state index is 12.1. The van der Waals surface area contributed by atoms with Gasteiger partial charge in [-0.15, -0.1) is 18.3 Å². The Morgan fingerprint density at radius 2 is 2.00 bits per heavy atom. The van der Waals surface area contributed by atoms with Crippen LogP contribution in [0.2, 0.25) is 0 Å². The summed E-state index contributed by atoms with van der Waals surface area (Å²) in [5.41, 5.74) is 0.431. The third kappa shape index (κ3) is 5.11. The third-order valence-corrected chi connectivity index (χ3v) is 4.07. The third-order valence-electron chi connectivity index (χ3n) is 2.85. The Bertz CT molecular complexity index is 423. The normalized spacial score (nSPS) is 11.1. The van der Waals surface area contributed by atoms with E-state index in [1.807, 2.05) is 37.7 Å². The summed E-state index contributed by atoms with van der Waals surface area (Å²) in [4.78, 5) is 13.4. The van der Waals surface area contributed by atoms with Gasteiger partial charge in [-0.25, -0.2) is 0 Å². The lowest BCUT2D eigenvalue weighted by molar-refractivity contribution is -0.123. The molecular weight excluding hydrogens is 254 g/mol. The zero-order valence-electron chi connectivity index (χ0n) is 12.0. The van der Waals surface area contributed by atoms with Gasteiger partial charge in [-0.3, -0.25) is 4.79 Å². The summed E-state index contributed by atoms with van der Waals surface area (Å²) in [6.45, 7) is 9.71. The van der Waals surface area contributed by atoms with E-state index in [4.69, 9.17) is 0 Å². The van der Waals surface area contributed by atoms with Crippen LogP contribution < -0.4 is 5.32 Å². The average molecular weight is 277 g/mol. The van der Waals surface area contributed by atoms with Crippen molar-refractivity contribution in [3.05, 3.63) is 36.9 Å². The van der Waals surface area contributed by atoms with Crippen LogP contribution in [0.1, 0.15) is 33.6 Å². The first-order chi connectivity index (χ1) is 8.99. The van der Waals surface area contributed by atoms with E-state index in [1.165, 1.54) is 11.3 Å². The molecule has 19 heavy (non-hydrogen) atoms. The fourth-order valence-electron chi connectivity index (χ4n) is 1.61. The number of carbonyl (C=O) groups excluding carboxylic acids is 1. The molecule has 0 aliphatic carbocycles. The van der Waals surface area contributed by atoms with E-state index in [0.717, 1.165) is 11.4 Å². The zero-order chi connectivity index (χ0) is 14.3. The number of carbonyl (C=O) groups is 1. The molecule has 3 heteroatoms. The summed E-state index contributed by atoms with van der Waals surface area (Å²) in [7, 11) is 0. The summed E-state index contributed by atoms with van der Waals surface area (Å²) < 4.78 is 0. The topological polar surface area (TPSA) is 29.1 Å². The van der Waals surface area contributed by atoms with Crippen molar-refractivity contribution >= 4 is 23.4 Å². The van der Waals surface area contributed by atoms with Crippen molar-refractivity contribution in [2.75, 3.05) is 11.1 Å². The van der Waals surface area contributed by atoms with Crippen LogP contribution in [-0.4, -0.2) is 11.7 Å². The molecule has 0 saturated carbocycles. The summed E-state index contributed by atoms with van der Waals surface area (Å²) in [6, 6.07) is 8.02. The summed E-state index contributed by atoms with van der Waals surface area (Å²) in [5, 5.41) is 2.95. The van der Waals surface area contributed by atoms with Gasteiger partial charge in [0.1, 0.15) is 0 Å². The lowest BCUT2D eigenvalue weighted by atomic mass is 9.88. The number of hydrogen-bond acceptors (Lipinski definition) is 2. The number of amides is 1. The van der Waals surface area contributed by atoms with Crippen molar-refractivity contribution in [3.8, 4) is 0 Å². The molecule has 104 valence electrons. The largest absolute Gasteiger partial charge is 0.326 e. The summed E-state index contributed by atoms with van der Waals surface area (Å²) in [6.07, 6.45) is 3.62. The molecule has 0 heterocycles. The van der Waals surface area contributed by atoms with Gasteiger partial charge in [0, 0.05) is 16.0 Å². The van der Waals surface area contributed by atoms with Gasteiger partial charge in [0.05, 0.1) is 0 Å². The first-order valence-electron chi connectivity index (χ1n) is 6.65. The lowest BCUT2D eigenvalue weighted by Gasteiger charge is -2.21. The number of thioether (sulfide) groups is 1. The van der Waals surface area contributed by atoms with Gasteiger partial charge in [0.15, 0.2) is 0 Å². The molecule has 1 N–H and O–H groups in total. The van der Waals surface area contributed by atoms with Crippen LogP contribution in [0.25, 0.3) is 0 Å². The van der Waals surface area contributed by atoms with E-state index in [9.17, 15) is 4.79 Å². The second-order valence-electron chi connectivity index (χ2n) is 5.20. The molecule has 1 aromatic carbocycles. The summed E-state index contributed by atoms with van der Waals surface area (Å²) in [5.74, 6) is 1.15. The van der Waals surface area contributed by atoms with Crippen molar-refractivity contribution in [1.82, 2.24) is 0 Å². The van der Waals surface area contributed by atoms with E-state index < -0.39 is 5.41 Å². The second-order valence-corrected chi connectivity index (χ2v) is 6.37. The Balaban J connectivity index is 2.62. The first kappa shape index (κ1) is 15.8. The Labute approximate surface area is 120 Å². The number of allylic oxidation sites excluding steroid dienone is 1.